The number of carbonyl (C=O) groups excluding carboxylic acids is 1. The molecule has 0 spiro atoms. The van der Waals surface area contributed by atoms with Crippen LogP contribution >= 0.6 is 0 Å². The maximum Gasteiger partial charge on any atom is 0.305 e. The summed E-state index contributed by atoms with van der Waals surface area (Å²) in [6, 6.07) is 0. The van der Waals surface area contributed by atoms with Gasteiger partial charge in [0.25, 0.3) is 0 Å². The second kappa shape index (κ2) is 58.9. The summed E-state index contributed by atoms with van der Waals surface area (Å²) in [5.74, 6) is 0.992. The van der Waals surface area contributed by atoms with Crippen LogP contribution in [0.4, 0.5) is 0 Å². The van der Waals surface area contributed by atoms with E-state index in [0.717, 1.165) is 51.5 Å². The van der Waals surface area contributed by atoms with Crippen molar-refractivity contribution in [2.75, 3.05) is 59.1 Å². The van der Waals surface area contributed by atoms with Crippen LogP contribution < -0.4 is 0 Å². The van der Waals surface area contributed by atoms with Gasteiger partial charge in [-0.05, 0) is 70.6 Å². The predicted octanol–water partition coefficient (Wildman–Crippen LogP) is 20.2. The first-order valence-electron chi connectivity index (χ1n) is 31.8. The first-order chi connectivity index (χ1) is 33.6. The number of unbranched alkanes of at least 4 members (excludes halogenated alkanes) is 36. The minimum Gasteiger partial charge on any atom is -0.466 e. The summed E-state index contributed by atoms with van der Waals surface area (Å²) in [4.78, 5) is 17.8. The number of rotatable bonds is 60. The average Bonchev–Trinajstić information content (AvgIpc) is 3.34. The number of esters is 1. The molecule has 0 unspecified atom stereocenters. The number of hydrogen-bond donors (Lipinski definition) is 0. The third kappa shape index (κ3) is 53.2. The van der Waals surface area contributed by atoms with Gasteiger partial charge in [-0.25, -0.2) is 0 Å². The van der Waals surface area contributed by atoms with Gasteiger partial charge in [0.15, 0.2) is 0 Å². The van der Waals surface area contributed by atoms with Crippen molar-refractivity contribution < 1.29 is 14.3 Å². The van der Waals surface area contributed by atoms with Gasteiger partial charge in [0.05, 0.1) is 19.8 Å². The Morgan fingerprint density at radius 3 is 0.882 bits per heavy atom. The molecule has 0 amide bonds. The van der Waals surface area contributed by atoms with Crippen LogP contribution in [0.5, 0.6) is 0 Å². The van der Waals surface area contributed by atoms with E-state index in [4.69, 9.17) is 9.47 Å². The number of nitrogens with zero attached hydrogens (tertiary/aromatic N) is 2. The molecule has 0 atom stereocenters. The molecule has 0 saturated heterocycles. The van der Waals surface area contributed by atoms with E-state index >= 15 is 0 Å². The van der Waals surface area contributed by atoms with Crippen LogP contribution in [-0.2, 0) is 14.3 Å². The Labute approximate surface area is 429 Å². The van der Waals surface area contributed by atoms with Gasteiger partial charge in [-0.3, -0.25) is 4.79 Å². The monoisotopic (exact) mass is 961 g/mol. The Morgan fingerprint density at radius 2 is 0.559 bits per heavy atom. The molecular formula is C63H128N2O3. The highest BCUT2D eigenvalue weighted by Gasteiger charge is 2.11. The highest BCUT2D eigenvalue weighted by Crippen LogP contribution is 2.25. The van der Waals surface area contributed by atoms with Gasteiger partial charge in [-0.15, -0.1) is 0 Å². The number of ether oxygens (including phenoxy) is 2. The largest absolute Gasteiger partial charge is 0.466 e. The molecule has 0 radical (unpaired) electrons. The van der Waals surface area contributed by atoms with Crippen molar-refractivity contribution in [2.45, 2.75) is 336 Å². The molecule has 0 heterocycles. The van der Waals surface area contributed by atoms with Crippen molar-refractivity contribution in [1.82, 2.24) is 9.80 Å². The molecular weight excluding hydrogens is 833 g/mol. The van der Waals surface area contributed by atoms with Crippen molar-refractivity contribution >= 4 is 5.97 Å². The first-order valence-corrected chi connectivity index (χ1v) is 31.8. The van der Waals surface area contributed by atoms with Crippen LogP contribution in [0.25, 0.3) is 0 Å². The van der Waals surface area contributed by atoms with Gasteiger partial charge in [0.1, 0.15) is 0 Å². The van der Waals surface area contributed by atoms with E-state index in [1.807, 2.05) is 0 Å². The second-order valence-corrected chi connectivity index (χ2v) is 21.9. The SMILES string of the molecule is CCCCCCCCCOC(=O)CCCCCCCN(CCCCCCCC(CCCCCCCC)CCCCCCCC)CCOCCN(CCCCCCCCC)CCCCCCCCC. The fraction of sp³-hybridized carbons (Fsp3) is 0.984. The van der Waals surface area contributed by atoms with Crippen molar-refractivity contribution in [3.8, 4) is 0 Å². The van der Waals surface area contributed by atoms with Crippen molar-refractivity contribution in [2.24, 2.45) is 5.92 Å². The second-order valence-electron chi connectivity index (χ2n) is 21.9. The van der Waals surface area contributed by atoms with Crippen LogP contribution in [-0.4, -0.2) is 74.9 Å². The zero-order valence-corrected chi connectivity index (χ0v) is 47.8. The molecule has 0 aliphatic rings. The fourth-order valence-electron chi connectivity index (χ4n) is 10.4. The van der Waals surface area contributed by atoms with E-state index in [-0.39, 0.29) is 5.97 Å². The smallest absolute Gasteiger partial charge is 0.305 e. The maximum atomic E-state index is 12.3. The molecule has 5 nitrogen and oxygen atoms in total. The maximum absolute atomic E-state index is 12.3. The lowest BCUT2D eigenvalue weighted by atomic mass is 9.89. The van der Waals surface area contributed by atoms with Crippen LogP contribution in [0.3, 0.4) is 0 Å². The molecule has 0 aromatic heterocycles. The Hall–Kier alpha value is -0.650. The lowest BCUT2D eigenvalue weighted by Gasteiger charge is -2.24. The fourth-order valence-corrected chi connectivity index (χ4v) is 10.4. The Kier molecular flexibility index (Phi) is 58.4. The molecule has 0 bridgehead atoms. The minimum absolute atomic E-state index is 0.0158. The Bertz CT molecular complexity index is 896. The highest BCUT2D eigenvalue weighted by atomic mass is 16.5. The van der Waals surface area contributed by atoms with E-state index in [2.05, 4.69) is 44.4 Å². The van der Waals surface area contributed by atoms with Crippen molar-refractivity contribution in [3.05, 3.63) is 0 Å². The summed E-state index contributed by atoms with van der Waals surface area (Å²) in [6.07, 6.45) is 63.3. The zero-order chi connectivity index (χ0) is 49.3. The van der Waals surface area contributed by atoms with E-state index in [9.17, 15) is 4.79 Å². The summed E-state index contributed by atoms with van der Waals surface area (Å²) in [6.45, 7) is 21.0. The molecule has 408 valence electrons. The predicted molar refractivity (Wildman–Crippen MR) is 304 cm³/mol. The molecule has 5 heteroatoms. The third-order valence-corrected chi connectivity index (χ3v) is 15.1. The van der Waals surface area contributed by atoms with E-state index in [1.54, 1.807) is 0 Å². The molecule has 0 aromatic carbocycles. The molecule has 68 heavy (non-hydrogen) atoms. The Morgan fingerprint density at radius 1 is 0.294 bits per heavy atom. The standard InChI is InChI=1S/C63H128N2O3/c1-6-11-16-21-26-35-44-53-64(54-45-36-27-22-17-12-7-2)57-60-67-61-58-65(56-47-38-30-34-43-52-63(66)68-59-48-39-28-23-18-13-8-3)55-46-37-29-33-42-51-62(49-40-31-24-19-14-9-4)50-41-32-25-20-15-10-5/h62H,6-61H2,1-5H3. The molecule has 0 N–H and O–H groups in total. The van der Waals surface area contributed by atoms with Crippen LogP contribution in [0.1, 0.15) is 336 Å². The summed E-state index contributed by atoms with van der Waals surface area (Å²) in [7, 11) is 0. The summed E-state index contributed by atoms with van der Waals surface area (Å²) in [5.41, 5.74) is 0. The number of hydrogen-bond acceptors (Lipinski definition) is 5. The summed E-state index contributed by atoms with van der Waals surface area (Å²) >= 11 is 0. The average molecular weight is 962 g/mol. The summed E-state index contributed by atoms with van der Waals surface area (Å²) < 4.78 is 12.0. The van der Waals surface area contributed by atoms with Gasteiger partial charge in [-0.1, -0.05) is 291 Å². The summed E-state index contributed by atoms with van der Waals surface area (Å²) in [5, 5.41) is 0. The van der Waals surface area contributed by atoms with Crippen molar-refractivity contribution in [3.63, 3.8) is 0 Å². The van der Waals surface area contributed by atoms with E-state index < -0.39 is 0 Å². The van der Waals surface area contributed by atoms with Gasteiger partial charge >= 0.3 is 5.97 Å². The first kappa shape index (κ1) is 67.3. The lowest BCUT2D eigenvalue weighted by Crippen LogP contribution is -2.32. The number of carbonyl (C=O) groups is 1. The van der Waals surface area contributed by atoms with E-state index in [0.29, 0.717) is 13.0 Å². The van der Waals surface area contributed by atoms with Gasteiger partial charge in [0, 0.05) is 19.5 Å². The van der Waals surface area contributed by atoms with Gasteiger partial charge in [0.2, 0.25) is 0 Å². The molecule has 0 rings (SSSR count). The molecule has 0 saturated carbocycles. The highest BCUT2D eigenvalue weighted by molar-refractivity contribution is 5.69. The van der Waals surface area contributed by atoms with Crippen LogP contribution in [0.2, 0.25) is 0 Å². The van der Waals surface area contributed by atoms with Crippen LogP contribution in [0, 0.1) is 5.92 Å². The topological polar surface area (TPSA) is 42.0 Å². The van der Waals surface area contributed by atoms with E-state index in [1.165, 1.54) is 302 Å². The molecule has 0 fully saturated rings. The quantitative estimate of drug-likeness (QED) is 0.0449. The normalized spacial score (nSPS) is 11.9. The minimum atomic E-state index is 0.0158. The Balaban J connectivity index is 4.86. The van der Waals surface area contributed by atoms with Crippen molar-refractivity contribution in [1.29, 1.82) is 0 Å². The van der Waals surface area contributed by atoms with Gasteiger partial charge in [-0.2, -0.15) is 0 Å². The van der Waals surface area contributed by atoms with Crippen LogP contribution in [0.15, 0.2) is 0 Å². The molecule has 0 aliphatic carbocycles. The molecule has 0 aromatic rings. The zero-order valence-electron chi connectivity index (χ0n) is 47.8. The van der Waals surface area contributed by atoms with Gasteiger partial charge < -0.3 is 19.3 Å². The third-order valence-electron chi connectivity index (χ3n) is 15.1. The molecule has 0 aliphatic heterocycles. The lowest BCUT2D eigenvalue weighted by molar-refractivity contribution is -0.143.